The lowest BCUT2D eigenvalue weighted by Crippen LogP contribution is -2.21. The average molecular weight is 422 g/mol. The van der Waals surface area contributed by atoms with E-state index in [0.29, 0.717) is 34.7 Å². The molecule has 0 saturated heterocycles. The average Bonchev–Trinajstić information content (AvgIpc) is 3.12. The van der Waals surface area contributed by atoms with E-state index in [9.17, 15) is 9.18 Å². The van der Waals surface area contributed by atoms with E-state index in [4.69, 9.17) is 10.5 Å². The minimum Gasteiger partial charge on any atom is -0.491 e. The second kappa shape index (κ2) is 8.19. The summed E-state index contributed by atoms with van der Waals surface area (Å²) in [6, 6.07) is 8.23. The van der Waals surface area contributed by atoms with E-state index in [2.05, 4.69) is 15.2 Å². The first-order valence-electron chi connectivity index (χ1n) is 9.75. The van der Waals surface area contributed by atoms with Crippen molar-refractivity contribution in [1.82, 2.24) is 24.6 Å². The van der Waals surface area contributed by atoms with E-state index in [1.165, 1.54) is 10.6 Å². The SMILES string of the molecule is Cc1cccc(F)c1-n1cc(-c2ccc(OCCN(C)C)cn2)c2[nH]nc(N)c2c1=O. The van der Waals surface area contributed by atoms with Crippen LogP contribution in [0.5, 0.6) is 5.75 Å². The molecule has 160 valence electrons. The zero-order valence-electron chi connectivity index (χ0n) is 17.5. The van der Waals surface area contributed by atoms with Crippen LogP contribution in [0.3, 0.4) is 0 Å². The predicted octanol–water partition coefficient (Wildman–Crippen LogP) is 2.75. The van der Waals surface area contributed by atoms with Crippen molar-refractivity contribution < 1.29 is 9.13 Å². The number of ether oxygens (including phenoxy) is 1. The molecule has 0 aliphatic heterocycles. The molecule has 0 radical (unpaired) electrons. The Labute approximate surface area is 178 Å². The highest BCUT2D eigenvalue weighted by Gasteiger charge is 2.19. The van der Waals surface area contributed by atoms with Gasteiger partial charge in [0.1, 0.15) is 23.6 Å². The van der Waals surface area contributed by atoms with E-state index in [1.807, 2.05) is 19.0 Å². The van der Waals surface area contributed by atoms with Crippen LogP contribution in [0.25, 0.3) is 27.8 Å². The number of nitrogen functional groups attached to an aromatic ring is 1. The molecular weight excluding hydrogens is 399 g/mol. The molecule has 0 aliphatic carbocycles. The van der Waals surface area contributed by atoms with Gasteiger partial charge in [0.05, 0.1) is 23.1 Å². The third kappa shape index (κ3) is 3.87. The number of hydrogen-bond acceptors (Lipinski definition) is 6. The molecule has 0 unspecified atom stereocenters. The smallest absolute Gasteiger partial charge is 0.268 e. The van der Waals surface area contributed by atoms with Gasteiger partial charge < -0.3 is 15.4 Å². The maximum Gasteiger partial charge on any atom is 0.268 e. The molecule has 0 atom stereocenters. The first-order chi connectivity index (χ1) is 14.9. The number of aromatic amines is 1. The number of aromatic nitrogens is 4. The molecule has 31 heavy (non-hydrogen) atoms. The number of rotatable bonds is 6. The number of hydrogen-bond donors (Lipinski definition) is 2. The highest BCUT2D eigenvalue weighted by atomic mass is 19.1. The molecule has 1 aromatic carbocycles. The molecule has 0 bridgehead atoms. The normalized spacial score (nSPS) is 11.4. The van der Waals surface area contributed by atoms with Gasteiger partial charge in [-0.05, 0) is 44.8 Å². The molecule has 9 heteroatoms. The molecule has 3 aromatic heterocycles. The van der Waals surface area contributed by atoms with Gasteiger partial charge in [-0.25, -0.2) is 4.39 Å². The van der Waals surface area contributed by atoms with E-state index >= 15 is 0 Å². The number of para-hydroxylation sites is 1. The molecule has 4 aromatic rings. The van der Waals surface area contributed by atoms with Gasteiger partial charge >= 0.3 is 0 Å². The van der Waals surface area contributed by atoms with Gasteiger partial charge in [-0.1, -0.05) is 12.1 Å². The molecule has 8 nitrogen and oxygen atoms in total. The van der Waals surface area contributed by atoms with Crippen LogP contribution in [0, 0.1) is 12.7 Å². The van der Waals surface area contributed by atoms with Crippen molar-refractivity contribution in [2.24, 2.45) is 0 Å². The van der Waals surface area contributed by atoms with E-state index < -0.39 is 11.4 Å². The molecule has 0 spiro atoms. The van der Waals surface area contributed by atoms with Gasteiger partial charge in [-0.3, -0.25) is 19.4 Å². The zero-order chi connectivity index (χ0) is 22.1. The largest absolute Gasteiger partial charge is 0.491 e. The molecule has 0 saturated carbocycles. The van der Waals surface area contributed by atoms with Crippen molar-refractivity contribution in [1.29, 1.82) is 0 Å². The van der Waals surface area contributed by atoms with Crippen molar-refractivity contribution in [3.8, 4) is 22.7 Å². The van der Waals surface area contributed by atoms with Crippen molar-refractivity contribution in [2.75, 3.05) is 33.0 Å². The van der Waals surface area contributed by atoms with Crippen LogP contribution in [-0.2, 0) is 0 Å². The Bertz CT molecular complexity index is 1270. The van der Waals surface area contributed by atoms with Gasteiger partial charge in [-0.2, -0.15) is 5.10 Å². The Morgan fingerprint density at radius 2 is 2.06 bits per heavy atom. The van der Waals surface area contributed by atoms with Gasteiger partial charge in [0.2, 0.25) is 0 Å². The number of aryl methyl sites for hydroxylation is 1. The summed E-state index contributed by atoms with van der Waals surface area (Å²) in [5.41, 5.74) is 7.87. The van der Waals surface area contributed by atoms with Gasteiger partial charge in [-0.15, -0.1) is 0 Å². The summed E-state index contributed by atoms with van der Waals surface area (Å²) in [6.07, 6.45) is 3.17. The molecule has 0 fully saturated rings. The number of anilines is 1. The highest BCUT2D eigenvalue weighted by Crippen LogP contribution is 2.29. The monoisotopic (exact) mass is 422 g/mol. The molecule has 0 amide bonds. The van der Waals surface area contributed by atoms with E-state index in [0.717, 1.165) is 6.54 Å². The summed E-state index contributed by atoms with van der Waals surface area (Å²) >= 11 is 0. The Morgan fingerprint density at radius 1 is 1.26 bits per heavy atom. The number of nitrogens with two attached hydrogens (primary N) is 1. The predicted molar refractivity (Wildman–Crippen MR) is 118 cm³/mol. The summed E-state index contributed by atoms with van der Waals surface area (Å²) in [7, 11) is 3.94. The third-order valence-corrected chi connectivity index (χ3v) is 5.00. The summed E-state index contributed by atoms with van der Waals surface area (Å²) < 4.78 is 21.6. The first-order valence-corrected chi connectivity index (χ1v) is 9.75. The van der Waals surface area contributed by atoms with E-state index in [1.54, 1.807) is 43.6 Å². The highest BCUT2D eigenvalue weighted by molar-refractivity contribution is 5.97. The third-order valence-electron chi connectivity index (χ3n) is 5.00. The number of nitrogens with one attached hydrogen (secondary N) is 1. The number of halogens is 1. The number of pyridine rings is 2. The van der Waals surface area contributed by atoms with Crippen LogP contribution in [0.2, 0.25) is 0 Å². The number of nitrogens with zero attached hydrogens (tertiary/aromatic N) is 4. The van der Waals surface area contributed by atoms with Crippen LogP contribution < -0.4 is 16.0 Å². The molecular formula is C22H23FN6O2. The second-order valence-corrected chi connectivity index (χ2v) is 7.51. The molecule has 4 rings (SSSR count). The minimum absolute atomic E-state index is 0.0493. The van der Waals surface area contributed by atoms with Crippen molar-refractivity contribution in [3.05, 3.63) is 64.5 Å². The number of likely N-dealkylation sites (N-methyl/N-ethyl adjacent to an activating group) is 1. The van der Waals surface area contributed by atoms with Crippen molar-refractivity contribution in [2.45, 2.75) is 6.92 Å². The second-order valence-electron chi connectivity index (χ2n) is 7.51. The van der Waals surface area contributed by atoms with Crippen LogP contribution in [0.4, 0.5) is 10.2 Å². The summed E-state index contributed by atoms with van der Waals surface area (Å²) in [4.78, 5) is 19.6. The first kappa shape index (κ1) is 20.5. The van der Waals surface area contributed by atoms with Gasteiger partial charge in [0.15, 0.2) is 5.82 Å². The van der Waals surface area contributed by atoms with Crippen LogP contribution in [-0.4, -0.2) is 51.9 Å². The van der Waals surface area contributed by atoms with Gasteiger partial charge in [0, 0.05) is 18.3 Å². The van der Waals surface area contributed by atoms with Crippen LogP contribution >= 0.6 is 0 Å². The molecule has 3 N–H and O–H groups in total. The van der Waals surface area contributed by atoms with Gasteiger partial charge in [0.25, 0.3) is 5.56 Å². The molecule has 3 heterocycles. The van der Waals surface area contributed by atoms with Crippen molar-refractivity contribution >= 4 is 16.7 Å². The summed E-state index contributed by atoms with van der Waals surface area (Å²) in [6.45, 7) is 3.06. The Hall–Kier alpha value is -3.72. The number of H-pyrrole nitrogens is 1. The Kier molecular flexibility index (Phi) is 5.43. The summed E-state index contributed by atoms with van der Waals surface area (Å²) in [5, 5.41) is 6.98. The standard InChI is InChI=1S/C22H23FN6O2/c1-13-5-4-6-16(23)20(13)29-12-15(19-18(22(29)30)21(24)27-26-19)17-8-7-14(11-25-17)31-10-9-28(2)3/h4-8,11-12H,9-10H2,1-3H3,(H3,24,26,27). The fourth-order valence-corrected chi connectivity index (χ4v) is 3.40. The number of benzene rings is 1. The van der Waals surface area contributed by atoms with Crippen LogP contribution in [0.1, 0.15) is 5.56 Å². The minimum atomic E-state index is -0.507. The lowest BCUT2D eigenvalue weighted by atomic mass is 10.1. The zero-order valence-corrected chi connectivity index (χ0v) is 17.5. The fraction of sp³-hybridized carbons (Fsp3) is 0.227. The van der Waals surface area contributed by atoms with Crippen LogP contribution in [0.15, 0.2) is 47.5 Å². The fourth-order valence-electron chi connectivity index (χ4n) is 3.40. The topological polar surface area (TPSA) is 102 Å². The van der Waals surface area contributed by atoms with E-state index in [-0.39, 0.29) is 16.9 Å². The quantitative estimate of drug-likeness (QED) is 0.495. The number of fused-ring (bicyclic) bond motifs is 1. The Balaban J connectivity index is 1.84. The lowest BCUT2D eigenvalue weighted by molar-refractivity contribution is 0.260. The maximum absolute atomic E-state index is 14.7. The Morgan fingerprint density at radius 3 is 2.74 bits per heavy atom. The molecule has 0 aliphatic rings. The van der Waals surface area contributed by atoms with Crippen molar-refractivity contribution in [3.63, 3.8) is 0 Å². The maximum atomic E-state index is 14.7. The summed E-state index contributed by atoms with van der Waals surface area (Å²) in [5.74, 6) is 0.171. The lowest BCUT2D eigenvalue weighted by Gasteiger charge is -2.14.